The molecule has 0 N–H and O–H groups in total. The number of furan rings is 1. The zero-order chi connectivity index (χ0) is 13.8. The van der Waals surface area contributed by atoms with Crippen molar-refractivity contribution in [3.8, 4) is 5.75 Å². The molecule has 0 aliphatic rings. The molecule has 0 bridgehead atoms. The molecule has 0 radical (unpaired) electrons. The number of benzene rings is 1. The fourth-order valence-electron chi connectivity index (χ4n) is 1.84. The molecule has 0 fully saturated rings. The molecule has 0 aliphatic heterocycles. The average Bonchev–Trinajstić information content (AvgIpc) is 2.82. The number of ether oxygens (including phenoxy) is 1. The maximum Gasteiger partial charge on any atom is 0.133 e. The minimum atomic E-state index is 0.128. The van der Waals surface area contributed by atoms with E-state index in [1.165, 1.54) is 5.56 Å². The second-order valence-corrected chi connectivity index (χ2v) is 6.10. The van der Waals surface area contributed by atoms with Gasteiger partial charge in [0.05, 0.1) is 22.2 Å². The molecule has 19 heavy (non-hydrogen) atoms. The Kier molecular flexibility index (Phi) is 5.11. The first-order chi connectivity index (χ1) is 9.13. The molecule has 102 valence electrons. The molecule has 0 spiro atoms. The van der Waals surface area contributed by atoms with Crippen LogP contribution in [0, 0.1) is 6.92 Å². The fourth-order valence-corrected chi connectivity index (χ4v) is 3.11. The monoisotopic (exact) mass is 386 g/mol. The Morgan fingerprint density at radius 2 is 2.11 bits per heavy atom. The standard InChI is InChI=1S/C15H16Br2O2/c1-3-7-19-14-5-4-11(9-13(14)16)15(17)12-6-8-18-10(12)2/h4-6,8-9,15H,3,7H2,1-2H3. The molecule has 0 saturated heterocycles. The molecule has 1 atom stereocenters. The molecule has 4 heteroatoms. The third-order valence-corrected chi connectivity index (χ3v) is 4.52. The van der Waals surface area contributed by atoms with Crippen molar-refractivity contribution in [1.29, 1.82) is 0 Å². The molecule has 1 heterocycles. The van der Waals surface area contributed by atoms with Gasteiger partial charge in [-0.2, -0.15) is 0 Å². The van der Waals surface area contributed by atoms with Crippen LogP contribution in [0.15, 0.2) is 39.4 Å². The van der Waals surface area contributed by atoms with Crippen LogP contribution in [0.3, 0.4) is 0 Å². The predicted molar refractivity (Wildman–Crippen MR) is 84.1 cm³/mol. The van der Waals surface area contributed by atoms with E-state index in [1.807, 2.05) is 19.1 Å². The van der Waals surface area contributed by atoms with Crippen molar-refractivity contribution in [3.63, 3.8) is 0 Å². The van der Waals surface area contributed by atoms with Gasteiger partial charge < -0.3 is 9.15 Å². The van der Waals surface area contributed by atoms with Crippen LogP contribution in [-0.4, -0.2) is 6.61 Å². The van der Waals surface area contributed by atoms with E-state index in [1.54, 1.807) is 6.26 Å². The largest absolute Gasteiger partial charge is 0.492 e. The Balaban J connectivity index is 2.22. The minimum absolute atomic E-state index is 0.128. The SMILES string of the molecule is CCCOc1ccc(C(Br)c2ccoc2C)cc1Br. The van der Waals surface area contributed by atoms with E-state index in [-0.39, 0.29) is 4.83 Å². The number of hydrogen-bond acceptors (Lipinski definition) is 2. The van der Waals surface area contributed by atoms with E-state index < -0.39 is 0 Å². The molecular formula is C15H16Br2O2. The van der Waals surface area contributed by atoms with Crippen molar-refractivity contribution in [2.45, 2.75) is 25.1 Å². The Morgan fingerprint density at radius 1 is 1.32 bits per heavy atom. The third-order valence-electron chi connectivity index (χ3n) is 2.88. The maximum atomic E-state index is 5.65. The molecule has 1 unspecified atom stereocenters. The van der Waals surface area contributed by atoms with Crippen molar-refractivity contribution in [1.82, 2.24) is 0 Å². The van der Waals surface area contributed by atoms with Crippen LogP contribution in [0.2, 0.25) is 0 Å². The van der Waals surface area contributed by atoms with Gasteiger partial charge in [-0.1, -0.05) is 28.9 Å². The van der Waals surface area contributed by atoms with Crippen LogP contribution >= 0.6 is 31.9 Å². The Morgan fingerprint density at radius 3 is 2.68 bits per heavy atom. The van der Waals surface area contributed by atoms with Crippen LogP contribution in [-0.2, 0) is 0 Å². The van der Waals surface area contributed by atoms with Crippen molar-refractivity contribution < 1.29 is 9.15 Å². The van der Waals surface area contributed by atoms with Crippen LogP contribution in [0.25, 0.3) is 0 Å². The smallest absolute Gasteiger partial charge is 0.133 e. The molecule has 2 nitrogen and oxygen atoms in total. The van der Waals surface area contributed by atoms with Gasteiger partial charge in [0.15, 0.2) is 0 Å². The first kappa shape index (κ1) is 14.7. The molecule has 0 amide bonds. The van der Waals surface area contributed by atoms with Gasteiger partial charge in [0.2, 0.25) is 0 Å². The normalized spacial score (nSPS) is 12.4. The summed E-state index contributed by atoms with van der Waals surface area (Å²) in [6, 6.07) is 8.14. The Labute approximate surface area is 130 Å². The molecule has 2 rings (SSSR count). The summed E-state index contributed by atoms with van der Waals surface area (Å²) in [6.07, 6.45) is 2.72. The summed E-state index contributed by atoms with van der Waals surface area (Å²) in [5, 5.41) is 0. The lowest BCUT2D eigenvalue weighted by Crippen LogP contribution is -1.98. The fraction of sp³-hybridized carbons (Fsp3) is 0.333. The zero-order valence-corrected chi connectivity index (χ0v) is 14.1. The number of hydrogen-bond donors (Lipinski definition) is 0. The molecule has 0 aliphatic carbocycles. The van der Waals surface area contributed by atoms with Gasteiger partial charge in [0, 0.05) is 5.56 Å². The first-order valence-corrected chi connectivity index (χ1v) is 7.94. The van der Waals surface area contributed by atoms with Gasteiger partial charge in [0.25, 0.3) is 0 Å². The van der Waals surface area contributed by atoms with E-state index in [0.29, 0.717) is 0 Å². The highest BCUT2D eigenvalue weighted by Gasteiger charge is 2.16. The van der Waals surface area contributed by atoms with Crippen molar-refractivity contribution in [3.05, 3.63) is 51.9 Å². The quantitative estimate of drug-likeness (QED) is 0.621. The third kappa shape index (κ3) is 3.42. The highest BCUT2D eigenvalue weighted by molar-refractivity contribution is 9.10. The Bertz CT molecular complexity index is 549. The number of halogens is 2. The second-order valence-electron chi connectivity index (χ2n) is 4.33. The van der Waals surface area contributed by atoms with Crippen molar-refractivity contribution >= 4 is 31.9 Å². The summed E-state index contributed by atoms with van der Waals surface area (Å²) in [5.41, 5.74) is 2.31. The van der Waals surface area contributed by atoms with Crippen molar-refractivity contribution in [2.24, 2.45) is 0 Å². The zero-order valence-electron chi connectivity index (χ0n) is 11.0. The van der Waals surface area contributed by atoms with Crippen LogP contribution in [0.4, 0.5) is 0 Å². The summed E-state index contributed by atoms with van der Waals surface area (Å²) >= 11 is 7.27. The lowest BCUT2D eigenvalue weighted by Gasteiger charge is -2.12. The summed E-state index contributed by atoms with van der Waals surface area (Å²) < 4.78 is 12.0. The highest BCUT2D eigenvalue weighted by Crippen LogP contribution is 2.36. The van der Waals surface area contributed by atoms with E-state index in [4.69, 9.17) is 9.15 Å². The van der Waals surface area contributed by atoms with Gasteiger partial charge in [-0.25, -0.2) is 0 Å². The molecule has 1 aromatic heterocycles. The number of rotatable bonds is 5. The van der Waals surface area contributed by atoms with Gasteiger partial charge in [0.1, 0.15) is 11.5 Å². The van der Waals surface area contributed by atoms with Crippen LogP contribution in [0.5, 0.6) is 5.75 Å². The van der Waals surface area contributed by atoms with Crippen LogP contribution < -0.4 is 4.74 Å². The minimum Gasteiger partial charge on any atom is -0.492 e. The van der Waals surface area contributed by atoms with Gasteiger partial charge in [-0.15, -0.1) is 0 Å². The molecule has 1 aromatic carbocycles. The summed E-state index contributed by atoms with van der Waals surface area (Å²) in [7, 11) is 0. The van der Waals surface area contributed by atoms with Crippen LogP contribution in [0.1, 0.15) is 35.1 Å². The lowest BCUT2D eigenvalue weighted by molar-refractivity contribution is 0.315. The highest BCUT2D eigenvalue weighted by atomic mass is 79.9. The van der Waals surface area contributed by atoms with E-state index in [9.17, 15) is 0 Å². The van der Waals surface area contributed by atoms with E-state index in [2.05, 4.69) is 50.9 Å². The first-order valence-electron chi connectivity index (χ1n) is 6.23. The van der Waals surface area contributed by atoms with Gasteiger partial charge in [-0.05, 0) is 53.0 Å². The molecular weight excluding hydrogens is 372 g/mol. The van der Waals surface area contributed by atoms with Gasteiger partial charge >= 0.3 is 0 Å². The molecule has 0 saturated carbocycles. The summed E-state index contributed by atoms with van der Waals surface area (Å²) in [4.78, 5) is 0.128. The average molecular weight is 388 g/mol. The van der Waals surface area contributed by atoms with Crippen molar-refractivity contribution in [2.75, 3.05) is 6.61 Å². The summed E-state index contributed by atoms with van der Waals surface area (Å²) in [5.74, 6) is 1.82. The second kappa shape index (κ2) is 6.62. The number of aryl methyl sites for hydroxylation is 1. The predicted octanol–water partition coefficient (Wildman–Crippen LogP) is 5.62. The van der Waals surface area contributed by atoms with Gasteiger partial charge in [-0.3, -0.25) is 0 Å². The number of alkyl halides is 1. The topological polar surface area (TPSA) is 22.4 Å². The maximum absolute atomic E-state index is 5.65. The molecule has 2 aromatic rings. The lowest BCUT2D eigenvalue weighted by atomic mass is 10.1. The summed E-state index contributed by atoms with van der Waals surface area (Å²) in [6.45, 7) is 4.80. The van der Waals surface area contributed by atoms with E-state index in [0.717, 1.165) is 34.6 Å². The van der Waals surface area contributed by atoms with E-state index >= 15 is 0 Å². The Hall–Kier alpha value is -0.740.